The summed E-state index contributed by atoms with van der Waals surface area (Å²) < 4.78 is 33.4. The van der Waals surface area contributed by atoms with Crippen molar-refractivity contribution in [3.8, 4) is 5.75 Å². The van der Waals surface area contributed by atoms with Gasteiger partial charge in [-0.25, -0.2) is 13.8 Å². The SMILES string of the molecule is Cc1cc(OCCCC2CCN(C3=NC(C)(C(C)(F)F)NO3)CC2)ccc1C(=O)NCCCN. The number of carbonyl (C=O) groups excluding carboxylic acids is 1. The third-order valence-electron chi connectivity index (χ3n) is 6.53. The van der Waals surface area contributed by atoms with Crippen molar-refractivity contribution < 1.29 is 23.1 Å². The third kappa shape index (κ3) is 6.56. The molecule has 1 unspecified atom stereocenters. The van der Waals surface area contributed by atoms with E-state index in [-0.39, 0.29) is 11.9 Å². The Hall–Kier alpha value is -2.46. The molecule has 2 aliphatic heterocycles. The van der Waals surface area contributed by atoms with Crippen LogP contribution in [0.5, 0.6) is 5.75 Å². The maximum atomic E-state index is 13.7. The van der Waals surface area contributed by atoms with Crippen molar-refractivity contribution >= 4 is 11.9 Å². The van der Waals surface area contributed by atoms with Crippen LogP contribution in [-0.2, 0) is 4.84 Å². The van der Waals surface area contributed by atoms with Crippen molar-refractivity contribution in [3.63, 3.8) is 0 Å². The molecule has 1 amide bonds. The molecule has 0 radical (unpaired) electrons. The van der Waals surface area contributed by atoms with E-state index in [0.717, 1.165) is 63.4 Å². The number of piperidine rings is 1. The van der Waals surface area contributed by atoms with E-state index < -0.39 is 11.6 Å². The minimum absolute atomic E-state index is 0.0957. The van der Waals surface area contributed by atoms with Gasteiger partial charge in [-0.15, -0.1) is 5.48 Å². The largest absolute Gasteiger partial charge is 0.494 e. The molecule has 0 bridgehead atoms. The van der Waals surface area contributed by atoms with Gasteiger partial charge in [-0.1, -0.05) is 0 Å². The lowest BCUT2D eigenvalue weighted by Crippen LogP contribution is -2.50. The zero-order valence-corrected chi connectivity index (χ0v) is 20.3. The first-order chi connectivity index (χ1) is 16.1. The van der Waals surface area contributed by atoms with Gasteiger partial charge in [-0.05, 0) is 82.2 Å². The molecule has 2 heterocycles. The first kappa shape index (κ1) is 26.2. The highest BCUT2D eigenvalue weighted by Gasteiger charge is 2.51. The number of likely N-dealkylation sites (tertiary alicyclic amines) is 1. The van der Waals surface area contributed by atoms with E-state index in [2.05, 4.69) is 15.8 Å². The fourth-order valence-electron chi connectivity index (χ4n) is 4.06. The summed E-state index contributed by atoms with van der Waals surface area (Å²) in [6.07, 6.45) is 4.61. The quantitative estimate of drug-likeness (QED) is 0.444. The molecular weight excluding hydrogens is 444 g/mol. The van der Waals surface area contributed by atoms with Crippen LogP contribution >= 0.6 is 0 Å². The van der Waals surface area contributed by atoms with Gasteiger partial charge in [0, 0.05) is 32.1 Å². The lowest BCUT2D eigenvalue weighted by molar-refractivity contribution is -0.0910. The maximum Gasteiger partial charge on any atom is 0.309 e. The first-order valence-electron chi connectivity index (χ1n) is 12.0. The van der Waals surface area contributed by atoms with Crippen molar-refractivity contribution in [2.45, 2.75) is 64.5 Å². The summed E-state index contributed by atoms with van der Waals surface area (Å²) in [5, 5.41) is 2.86. The van der Waals surface area contributed by atoms with Gasteiger partial charge >= 0.3 is 6.02 Å². The summed E-state index contributed by atoms with van der Waals surface area (Å²) in [6.45, 7) is 7.24. The molecule has 1 atom stereocenters. The van der Waals surface area contributed by atoms with Crippen molar-refractivity contribution in [1.82, 2.24) is 15.7 Å². The van der Waals surface area contributed by atoms with Crippen LogP contribution in [0.1, 0.15) is 61.9 Å². The number of carbonyl (C=O) groups is 1. The van der Waals surface area contributed by atoms with E-state index in [0.29, 0.717) is 31.2 Å². The summed E-state index contributed by atoms with van der Waals surface area (Å²) in [7, 11) is 0. The van der Waals surface area contributed by atoms with E-state index in [1.165, 1.54) is 6.92 Å². The van der Waals surface area contributed by atoms with Crippen LogP contribution in [0.15, 0.2) is 23.2 Å². The molecule has 1 aromatic rings. The standard InChI is InChI=1S/C24H37F2N5O3/c1-17-16-19(7-8-20(17)21(32)28-12-5-11-27)33-15-4-6-18-9-13-31(14-10-18)22-29-24(3,30-34-22)23(2,25)26/h7-8,16,18,30H,4-6,9-15,27H2,1-3H3,(H,28,32). The number of rotatable bonds is 10. The first-order valence-corrected chi connectivity index (χ1v) is 12.0. The molecule has 1 fully saturated rings. The summed E-state index contributed by atoms with van der Waals surface area (Å²) in [4.78, 5) is 23.5. The lowest BCUT2D eigenvalue weighted by Gasteiger charge is -2.31. The van der Waals surface area contributed by atoms with Gasteiger partial charge in [0.15, 0.2) is 0 Å². The maximum absolute atomic E-state index is 13.7. The van der Waals surface area contributed by atoms with Crippen molar-refractivity contribution in [2.24, 2.45) is 16.6 Å². The number of halogens is 2. The molecule has 3 rings (SSSR count). The lowest BCUT2D eigenvalue weighted by atomic mass is 9.92. The number of hydrogen-bond donors (Lipinski definition) is 3. The number of hydroxylamine groups is 1. The van der Waals surface area contributed by atoms with Gasteiger partial charge in [0.05, 0.1) is 6.61 Å². The molecule has 4 N–H and O–H groups in total. The highest BCUT2D eigenvalue weighted by atomic mass is 19.3. The number of aryl methyl sites for hydroxylation is 1. The van der Waals surface area contributed by atoms with Crippen LogP contribution in [-0.4, -0.2) is 61.2 Å². The number of amides is 1. The molecule has 1 aromatic carbocycles. The molecule has 8 nitrogen and oxygen atoms in total. The van der Waals surface area contributed by atoms with Gasteiger partial charge in [-0.2, -0.15) is 0 Å². The van der Waals surface area contributed by atoms with Crippen LogP contribution in [0, 0.1) is 12.8 Å². The second-order valence-electron chi connectivity index (χ2n) is 9.36. The topological polar surface area (TPSA) is 101 Å². The normalized spacial score (nSPS) is 21.2. The average molecular weight is 482 g/mol. The smallest absolute Gasteiger partial charge is 0.309 e. The van der Waals surface area contributed by atoms with Crippen molar-refractivity contribution in [2.75, 3.05) is 32.8 Å². The average Bonchev–Trinajstić information content (AvgIpc) is 3.21. The van der Waals surface area contributed by atoms with Crippen LogP contribution < -0.4 is 21.3 Å². The van der Waals surface area contributed by atoms with Crippen LogP contribution in [0.3, 0.4) is 0 Å². The second kappa shape index (κ2) is 11.3. The van der Waals surface area contributed by atoms with Gasteiger partial charge in [0.25, 0.3) is 11.8 Å². The molecule has 10 heteroatoms. The highest BCUT2D eigenvalue weighted by Crippen LogP contribution is 2.33. The molecule has 190 valence electrons. The van der Waals surface area contributed by atoms with E-state index >= 15 is 0 Å². The Kier molecular flexibility index (Phi) is 8.70. The van der Waals surface area contributed by atoms with Gasteiger partial charge in [0.1, 0.15) is 5.75 Å². The number of aliphatic imine (C=N–C) groups is 1. The highest BCUT2D eigenvalue weighted by molar-refractivity contribution is 5.95. The molecule has 0 saturated carbocycles. The number of nitrogens with zero attached hydrogens (tertiary/aromatic N) is 2. The zero-order chi connectivity index (χ0) is 24.8. The van der Waals surface area contributed by atoms with Crippen molar-refractivity contribution in [1.29, 1.82) is 0 Å². The summed E-state index contributed by atoms with van der Waals surface area (Å²) >= 11 is 0. The van der Waals surface area contributed by atoms with Gasteiger partial charge < -0.3 is 25.5 Å². The Morgan fingerprint density at radius 3 is 2.74 bits per heavy atom. The second-order valence-corrected chi connectivity index (χ2v) is 9.36. The number of nitrogens with two attached hydrogens (primary N) is 1. The number of hydrogen-bond acceptors (Lipinski definition) is 7. The number of benzene rings is 1. The Balaban J connectivity index is 1.37. The van der Waals surface area contributed by atoms with Gasteiger partial charge in [0.2, 0.25) is 5.66 Å². The molecule has 1 saturated heterocycles. The fourth-order valence-corrected chi connectivity index (χ4v) is 4.06. The van der Waals surface area contributed by atoms with Crippen LogP contribution in [0.4, 0.5) is 8.78 Å². The summed E-state index contributed by atoms with van der Waals surface area (Å²) in [5.41, 5.74) is 7.62. The predicted octanol–water partition coefficient (Wildman–Crippen LogP) is 3.21. The Morgan fingerprint density at radius 1 is 1.38 bits per heavy atom. The fraction of sp³-hybridized carbons (Fsp3) is 0.667. The van der Waals surface area contributed by atoms with Crippen molar-refractivity contribution in [3.05, 3.63) is 29.3 Å². The third-order valence-corrected chi connectivity index (χ3v) is 6.53. The summed E-state index contributed by atoms with van der Waals surface area (Å²) in [5.74, 6) is -1.81. The number of ether oxygens (including phenoxy) is 1. The molecule has 0 aromatic heterocycles. The Bertz CT molecular complexity index is 869. The van der Waals surface area contributed by atoms with E-state index in [9.17, 15) is 13.6 Å². The van der Waals surface area contributed by atoms with E-state index in [1.54, 1.807) is 6.07 Å². The minimum Gasteiger partial charge on any atom is -0.494 e. The number of nitrogens with one attached hydrogen (secondary N) is 2. The molecule has 2 aliphatic rings. The van der Waals surface area contributed by atoms with Crippen LogP contribution in [0.2, 0.25) is 0 Å². The van der Waals surface area contributed by atoms with Gasteiger partial charge in [-0.3, -0.25) is 4.79 Å². The minimum atomic E-state index is -3.02. The van der Waals surface area contributed by atoms with E-state index in [4.69, 9.17) is 15.3 Å². The molecule has 0 aliphatic carbocycles. The Morgan fingerprint density at radius 2 is 2.12 bits per heavy atom. The Labute approximate surface area is 200 Å². The number of amidine groups is 1. The van der Waals surface area contributed by atoms with E-state index in [1.807, 2.05) is 24.0 Å². The summed E-state index contributed by atoms with van der Waals surface area (Å²) in [6, 6.07) is 5.76. The monoisotopic (exact) mass is 481 g/mol. The molecular formula is C24H37F2N5O3. The van der Waals surface area contributed by atoms with Crippen LogP contribution in [0.25, 0.3) is 0 Å². The zero-order valence-electron chi connectivity index (χ0n) is 20.3. The molecule has 0 spiro atoms. The molecule has 34 heavy (non-hydrogen) atoms. The predicted molar refractivity (Wildman–Crippen MR) is 127 cm³/mol. The number of alkyl halides is 2.